The van der Waals surface area contributed by atoms with E-state index in [2.05, 4.69) is 25.7 Å². The van der Waals surface area contributed by atoms with Crippen molar-refractivity contribution in [2.24, 2.45) is 7.05 Å². The summed E-state index contributed by atoms with van der Waals surface area (Å²) in [4.78, 5) is 9.05. The van der Waals surface area contributed by atoms with Crippen molar-refractivity contribution in [2.75, 3.05) is 30.9 Å². The molecule has 2 N–H and O–H groups in total. The van der Waals surface area contributed by atoms with Crippen LogP contribution in [0.15, 0.2) is 24.4 Å². The summed E-state index contributed by atoms with van der Waals surface area (Å²) in [7, 11) is 3.50. The van der Waals surface area contributed by atoms with Crippen LogP contribution in [0.3, 0.4) is 0 Å². The van der Waals surface area contributed by atoms with Crippen molar-refractivity contribution in [3.63, 3.8) is 0 Å². The molecule has 0 radical (unpaired) electrons. The lowest BCUT2D eigenvalue weighted by molar-refractivity contribution is 0.210. The third kappa shape index (κ3) is 3.42. The summed E-state index contributed by atoms with van der Waals surface area (Å²) >= 11 is 6.20. The fraction of sp³-hybridized carbons (Fsp3) is 0.312. The van der Waals surface area contributed by atoms with Crippen LogP contribution in [0.4, 0.5) is 17.5 Å². The number of aromatic nitrogens is 4. The van der Waals surface area contributed by atoms with E-state index in [0.29, 0.717) is 29.9 Å². The number of aryl methyl sites for hydroxylation is 2. The topological polar surface area (TPSA) is 76.9 Å². The summed E-state index contributed by atoms with van der Waals surface area (Å²) in [6.45, 7) is 3.16. The fourth-order valence-corrected chi connectivity index (χ4v) is 2.45. The number of anilines is 3. The maximum atomic E-state index is 6.20. The van der Waals surface area contributed by atoms with E-state index >= 15 is 0 Å². The molecule has 0 spiro atoms. The van der Waals surface area contributed by atoms with Gasteiger partial charge < -0.3 is 15.4 Å². The van der Waals surface area contributed by atoms with Crippen LogP contribution in [0.5, 0.6) is 0 Å². The Morgan fingerprint density at radius 2 is 2.12 bits per heavy atom. The molecule has 24 heavy (non-hydrogen) atoms. The first-order valence-electron chi connectivity index (χ1n) is 7.54. The number of hydrogen-bond donors (Lipinski definition) is 2. The Kier molecular flexibility index (Phi) is 4.82. The van der Waals surface area contributed by atoms with Crippen LogP contribution in [0.25, 0.3) is 11.0 Å². The molecule has 0 unspecified atom stereocenters. The molecule has 0 aliphatic carbocycles. The highest BCUT2D eigenvalue weighted by molar-refractivity contribution is 6.31. The minimum Gasteiger partial charge on any atom is -0.383 e. The van der Waals surface area contributed by atoms with Crippen LogP contribution in [0.1, 0.15) is 5.56 Å². The van der Waals surface area contributed by atoms with Crippen LogP contribution < -0.4 is 10.6 Å². The molecule has 0 amide bonds. The summed E-state index contributed by atoms with van der Waals surface area (Å²) in [6, 6.07) is 5.80. The zero-order chi connectivity index (χ0) is 17.1. The van der Waals surface area contributed by atoms with Gasteiger partial charge >= 0.3 is 0 Å². The van der Waals surface area contributed by atoms with Crippen molar-refractivity contribution in [3.05, 3.63) is 35.0 Å². The first-order chi connectivity index (χ1) is 11.6. The summed E-state index contributed by atoms with van der Waals surface area (Å²) in [6.07, 6.45) is 1.74. The molecule has 0 bridgehead atoms. The number of halogens is 1. The van der Waals surface area contributed by atoms with Gasteiger partial charge in [0, 0.05) is 31.4 Å². The maximum Gasteiger partial charge on any atom is 0.226 e. The lowest BCUT2D eigenvalue weighted by atomic mass is 10.2. The molecule has 3 aromatic rings. The molecule has 2 heterocycles. The van der Waals surface area contributed by atoms with Crippen LogP contribution in [-0.2, 0) is 11.8 Å². The number of benzene rings is 1. The van der Waals surface area contributed by atoms with Gasteiger partial charge in [-0.3, -0.25) is 4.68 Å². The predicted octanol–water partition coefficient (Wildman–Crippen LogP) is 3.13. The molecule has 0 aliphatic heterocycles. The molecule has 2 aromatic heterocycles. The Morgan fingerprint density at radius 3 is 2.88 bits per heavy atom. The van der Waals surface area contributed by atoms with Gasteiger partial charge in [0.15, 0.2) is 5.65 Å². The van der Waals surface area contributed by atoms with Gasteiger partial charge in [0.2, 0.25) is 5.95 Å². The molecule has 8 heteroatoms. The van der Waals surface area contributed by atoms with E-state index < -0.39 is 0 Å². The molecule has 3 rings (SSSR count). The molecule has 126 valence electrons. The molecule has 0 fully saturated rings. The van der Waals surface area contributed by atoms with E-state index in [1.165, 1.54) is 0 Å². The van der Waals surface area contributed by atoms with Gasteiger partial charge in [-0.05, 0) is 24.6 Å². The largest absolute Gasteiger partial charge is 0.383 e. The van der Waals surface area contributed by atoms with Crippen molar-refractivity contribution in [1.82, 2.24) is 19.7 Å². The molecule has 7 nitrogen and oxygen atoms in total. The second kappa shape index (κ2) is 7.02. The fourth-order valence-electron chi connectivity index (χ4n) is 2.27. The number of methoxy groups -OCH3 is 1. The second-order valence-corrected chi connectivity index (χ2v) is 5.82. The minimum atomic E-state index is 0.517. The van der Waals surface area contributed by atoms with Gasteiger partial charge in [0.25, 0.3) is 0 Å². The predicted molar refractivity (Wildman–Crippen MR) is 96.1 cm³/mol. The Morgan fingerprint density at radius 1 is 1.29 bits per heavy atom. The van der Waals surface area contributed by atoms with Crippen LogP contribution >= 0.6 is 11.6 Å². The average Bonchev–Trinajstić information content (AvgIpc) is 2.93. The van der Waals surface area contributed by atoms with E-state index in [-0.39, 0.29) is 0 Å². The van der Waals surface area contributed by atoms with Crippen LogP contribution in [0.2, 0.25) is 5.02 Å². The summed E-state index contributed by atoms with van der Waals surface area (Å²) < 4.78 is 6.76. The SMILES string of the molecule is COCCNc1nc(Nc2ccc(C)c(Cl)c2)c2cnn(C)c2n1. The van der Waals surface area contributed by atoms with E-state index in [1.807, 2.05) is 32.2 Å². The smallest absolute Gasteiger partial charge is 0.226 e. The van der Waals surface area contributed by atoms with E-state index in [0.717, 1.165) is 22.3 Å². The molecule has 0 atom stereocenters. The summed E-state index contributed by atoms with van der Waals surface area (Å²) in [5, 5.41) is 12.3. The van der Waals surface area contributed by atoms with Crippen molar-refractivity contribution in [3.8, 4) is 0 Å². The van der Waals surface area contributed by atoms with Crippen LogP contribution in [-0.4, -0.2) is 40.0 Å². The Balaban J connectivity index is 1.96. The Labute approximate surface area is 145 Å². The number of ether oxygens (including phenoxy) is 1. The third-order valence-electron chi connectivity index (χ3n) is 3.62. The standard InChI is InChI=1S/C16H19ClN6O/c1-10-4-5-11(8-13(10)17)20-14-12-9-19-23(2)15(12)22-16(21-14)18-6-7-24-3/h4-5,8-9H,6-7H2,1-3H3,(H2,18,20,21,22). The monoisotopic (exact) mass is 346 g/mol. The van der Waals surface area contributed by atoms with Crippen molar-refractivity contribution < 1.29 is 4.74 Å². The lowest BCUT2D eigenvalue weighted by Gasteiger charge is -2.11. The van der Waals surface area contributed by atoms with E-state index in [1.54, 1.807) is 18.0 Å². The first-order valence-corrected chi connectivity index (χ1v) is 7.92. The molecule has 1 aromatic carbocycles. The molecule has 0 saturated carbocycles. The normalized spacial score (nSPS) is 11.0. The van der Waals surface area contributed by atoms with Gasteiger partial charge in [-0.1, -0.05) is 17.7 Å². The van der Waals surface area contributed by atoms with Crippen molar-refractivity contribution in [1.29, 1.82) is 0 Å². The maximum absolute atomic E-state index is 6.20. The molecular formula is C16H19ClN6O. The average molecular weight is 347 g/mol. The second-order valence-electron chi connectivity index (χ2n) is 5.41. The van der Waals surface area contributed by atoms with Crippen LogP contribution in [0, 0.1) is 6.92 Å². The number of rotatable bonds is 6. The van der Waals surface area contributed by atoms with E-state index in [9.17, 15) is 0 Å². The van der Waals surface area contributed by atoms with Gasteiger partial charge in [0.05, 0.1) is 18.2 Å². The first kappa shape index (κ1) is 16.5. The highest BCUT2D eigenvalue weighted by atomic mass is 35.5. The number of nitrogens with one attached hydrogen (secondary N) is 2. The summed E-state index contributed by atoms with van der Waals surface area (Å²) in [5.41, 5.74) is 2.63. The number of hydrogen-bond acceptors (Lipinski definition) is 6. The zero-order valence-corrected chi connectivity index (χ0v) is 14.6. The highest BCUT2D eigenvalue weighted by Gasteiger charge is 2.12. The molecule has 0 aliphatic rings. The number of fused-ring (bicyclic) bond motifs is 1. The highest BCUT2D eigenvalue weighted by Crippen LogP contribution is 2.27. The van der Waals surface area contributed by atoms with Gasteiger partial charge in [-0.2, -0.15) is 15.1 Å². The minimum absolute atomic E-state index is 0.517. The van der Waals surface area contributed by atoms with Gasteiger partial charge in [-0.15, -0.1) is 0 Å². The Bertz CT molecular complexity index is 863. The van der Waals surface area contributed by atoms with Crippen molar-refractivity contribution in [2.45, 2.75) is 6.92 Å². The Hall–Kier alpha value is -2.38. The molecular weight excluding hydrogens is 328 g/mol. The van der Waals surface area contributed by atoms with Gasteiger partial charge in [-0.25, -0.2) is 0 Å². The summed E-state index contributed by atoms with van der Waals surface area (Å²) in [5.74, 6) is 1.19. The lowest BCUT2D eigenvalue weighted by Crippen LogP contribution is -2.11. The van der Waals surface area contributed by atoms with E-state index in [4.69, 9.17) is 16.3 Å². The third-order valence-corrected chi connectivity index (χ3v) is 4.02. The quantitative estimate of drug-likeness (QED) is 0.668. The van der Waals surface area contributed by atoms with Crippen molar-refractivity contribution >= 4 is 40.1 Å². The zero-order valence-electron chi connectivity index (χ0n) is 13.8. The molecule has 0 saturated heterocycles. The van der Waals surface area contributed by atoms with Gasteiger partial charge in [0.1, 0.15) is 5.82 Å². The number of nitrogens with zero attached hydrogens (tertiary/aromatic N) is 4.